The van der Waals surface area contributed by atoms with Gasteiger partial charge in [0, 0.05) is 43.8 Å². The highest BCUT2D eigenvalue weighted by molar-refractivity contribution is 6.30. The van der Waals surface area contributed by atoms with Gasteiger partial charge in [0.1, 0.15) is 0 Å². The molecule has 7 heteroatoms. The van der Waals surface area contributed by atoms with Gasteiger partial charge in [0.15, 0.2) is 18.1 Å². The van der Waals surface area contributed by atoms with E-state index in [1.807, 2.05) is 30.0 Å². The zero-order valence-electron chi connectivity index (χ0n) is 16.4. The SMILES string of the molecule is CCOc1cc(C#N)ccc1OCC(=O)N1CCN(Cc2cccc(Cl)c2)CC1. The van der Waals surface area contributed by atoms with Gasteiger partial charge in [-0.3, -0.25) is 9.69 Å². The van der Waals surface area contributed by atoms with E-state index in [1.165, 1.54) is 5.56 Å². The maximum absolute atomic E-state index is 12.5. The van der Waals surface area contributed by atoms with Gasteiger partial charge in [-0.05, 0) is 36.8 Å². The molecule has 0 saturated carbocycles. The summed E-state index contributed by atoms with van der Waals surface area (Å²) in [5.41, 5.74) is 1.66. The first-order valence-corrected chi connectivity index (χ1v) is 10.0. The molecule has 0 spiro atoms. The fraction of sp³-hybridized carbons (Fsp3) is 0.364. The van der Waals surface area contributed by atoms with E-state index in [4.69, 9.17) is 26.3 Å². The van der Waals surface area contributed by atoms with Crippen molar-refractivity contribution in [1.29, 1.82) is 5.26 Å². The molecule has 0 N–H and O–H groups in total. The number of nitrogens with zero attached hydrogens (tertiary/aromatic N) is 3. The van der Waals surface area contributed by atoms with Gasteiger partial charge in [0.25, 0.3) is 5.91 Å². The van der Waals surface area contributed by atoms with Gasteiger partial charge in [-0.25, -0.2) is 0 Å². The first-order chi connectivity index (χ1) is 14.1. The summed E-state index contributed by atoms with van der Waals surface area (Å²) in [4.78, 5) is 16.7. The van der Waals surface area contributed by atoms with Crippen molar-refractivity contribution in [2.75, 3.05) is 39.4 Å². The van der Waals surface area contributed by atoms with Crippen LogP contribution >= 0.6 is 11.6 Å². The molecule has 1 heterocycles. The van der Waals surface area contributed by atoms with Crippen LogP contribution in [-0.2, 0) is 11.3 Å². The lowest BCUT2D eigenvalue weighted by Gasteiger charge is -2.34. The van der Waals surface area contributed by atoms with Gasteiger partial charge in [0.2, 0.25) is 0 Å². The summed E-state index contributed by atoms with van der Waals surface area (Å²) in [6.45, 7) is 6.01. The van der Waals surface area contributed by atoms with Crippen molar-refractivity contribution in [3.05, 3.63) is 58.6 Å². The van der Waals surface area contributed by atoms with E-state index in [1.54, 1.807) is 18.2 Å². The molecule has 152 valence electrons. The van der Waals surface area contributed by atoms with Crippen LogP contribution in [0.4, 0.5) is 0 Å². The molecule has 29 heavy (non-hydrogen) atoms. The minimum atomic E-state index is -0.0563. The Bertz CT molecular complexity index is 889. The van der Waals surface area contributed by atoms with Crippen molar-refractivity contribution >= 4 is 17.5 Å². The molecule has 2 aromatic rings. The summed E-state index contributed by atoms with van der Waals surface area (Å²) in [7, 11) is 0. The molecule has 6 nitrogen and oxygen atoms in total. The molecule has 1 aliphatic rings. The number of amides is 1. The third-order valence-corrected chi connectivity index (χ3v) is 4.98. The van der Waals surface area contributed by atoms with Crippen LogP contribution in [0, 0.1) is 11.3 Å². The average Bonchev–Trinajstić information content (AvgIpc) is 2.73. The molecule has 3 rings (SSSR count). The van der Waals surface area contributed by atoms with E-state index in [0.29, 0.717) is 36.8 Å². The molecule has 0 aromatic heterocycles. The molecule has 1 fully saturated rings. The smallest absolute Gasteiger partial charge is 0.260 e. The van der Waals surface area contributed by atoms with Crippen molar-refractivity contribution in [1.82, 2.24) is 9.80 Å². The van der Waals surface area contributed by atoms with Crippen LogP contribution in [0.15, 0.2) is 42.5 Å². The lowest BCUT2D eigenvalue weighted by molar-refractivity contribution is -0.135. The summed E-state index contributed by atoms with van der Waals surface area (Å²) in [5.74, 6) is 0.892. The standard InChI is InChI=1S/C22H24ClN3O3/c1-2-28-21-13-17(14-24)6-7-20(21)29-16-22(27)26-10-8-25(9-11-26)15-18-4-3-5-19(23)12-18/h3-7,12-13H,2,8-11,15-16H2,1H3. The van der Waals surface area contributed by atoms with E-state index < -0.39 is 0 Å². The maximum Gasteiger partial charge on any atom is 0.260 e. The van der Waals surface area contributed by atoms with Gasteiger partial charge in [-0.15, -0.1) is 0 Å². The van der Waals surface area contributed by atoms with Crippen LogP contribution in [-0.4, -0.2) is 55.1 Å². The van der Waals surface area contributed by atoms with Crippen LogP contribution in [0.25, 0.3) is 0 Å². The van der Waals surface area contributed by atoms with E-state index in [9.17, 15) is 4.79 Å². The van der Waals surface area contributed by atoms with E-state index in [0.717, 1.165) is 24.7 Å². The summed E-state index contributed by atoms with van der Waals surface area (Å²) in [5, 5.41) is 9.76. The Kier molecular flexibility index (Phi) is 7.34. The molecule has 1 saturated heterocycles. The highest BCUT2D eigenvalue weighted by Crippen LogP contribution is 2.28. The molecule has 0 aliphatic carbocycles. The number of hydrogen-bond acceptors (Lipinski definition) is 5. The third-order valence-electron chi connectivity index (χ3n) is 4.74. The Morgan fingerprint density at radius 3 is 2.59 bits per heavy atom. The van der Waals surface area contributed by atoms with Crippen molar-refractivity contribution in [2.24, 2.45) is 0 Å². The number of carbonyl (C=O) groups excluding carboxylic acids is 1. The Balaban J connectivity index is 1.49. The van der Waals surface area contributed by atoms with E-state index in [-0.39, 0.29) is 12.5 Å². The van der Waals surface area contributed by atoms with Gasteiger partial charge in [-0.1, -0.05) is 23.7 Å². The average molecular weight is 414 g/mol. The van der Waals surface area contributed by atoms with Crippen LogP contribution in [0.3, 0.4) is 0 Å². The fourth-order valence-electron chi connectivity index (χ4n) is 3.24. The third kappa shape index (κ3) is 5.86. The first-order valence-electron chi connectivity index (χ1n) is 9.63. The van der Waals surface area contributed by atoms with Crippen molar-refractivity contribution < 1.29 is 14.3 Å². The zero-order chi connectivity index (χ0) is 20.6. The summed E-state index contributed by atoms with van der Waals surface area (Å²) < 4.78 is 11.2. The highest BCUT2D eigenvalue weighted by Gasteiger charge is 2.22. The lowest BCUT2D eigenvalue weighted by atomic mass is 10.2. The first kappa shape index (κ1) is 21.0. The maximum atomic E-state index is 12.5. The normalized spacial score (nSPS) is 14.3. The molecular weight excluding hydrogens is 390 g/mol. The predicted octanol–water partition coefficient (Wildman–Crippen LogP) is 3.33. The number of ether oxygens (including phenoxy) is 2. The number of piperazine rings is 1. The van der Waals surface area contributed by atoms with Crippen molar-refractivity contribution in [3.63, 3.8) is 0 Å². The van der Waals surface area contributed by atoms with Crippen molar-refractivity contribution in [2.45, 2.75) is 13.5 Å². The summed E-state index contributed by atoms with van der Waals surface area (Å²) in [6, 6.07) is 14.9. The molecule has 0 radical (unpaired) electrons. The Morgan fingerprint density at radius 2 is 1.90 bits per heavy atom. The zero-order valence-corrected chi connectivity index (χ0v) is 17.2. The Labute approximate surface area is 176 Å². The van der Waals surface area contributed by atoms with Gasteiger partial charge >= 0.3 is 0 Å². The van der Waals surface area contributed by atoms with Gasteiger partial charge in [0.05, 0.1) is 18.2 Å². The summed E-state index contributed by atoms with van der Waals surface area (Å²) >= 11 is 6.05. The second kappa shape index (κ2) is 10.1. The molecule has 2 aromatic carbocycles. The Hall–Kier alpha value is -2.75. The van der Waals surface area contributed by atoms with E-state index in [2.05, 4.69) is 17.0 Å². The highest BCUT2D eigenvalue weighted by atomic mass is 35.5. The molecule has 0 unspecified atom stereocenters. The molecule has 1 aliphatic heterocycles. The van der Waals surface area contributed by atoms with Crippen LogP contribution in [0.2, 0.25) is 5.02 Å². The number of rotatable bonds is 7. The number of hydrogen-bond donors (Lipinski definition) is 0. The lowest BCUT2D eigenvalue weighted by Crippen LogP contribution is -2.49. The fourth-order valence-corrected chi connectivity index (χ4v) is 3.46. The molecular formula is C22H24ClN3O3. The van der Waals surface area contributed by atoms with Gasteiger partial charge in [-0.2, -0.15) is 5.26 Å². The number of carbonyl (C=O) groups is 1. The molecule has 0 atom stereocenters. The number of halogens is 1. The van der Waals surface area contributed by atoms with Crippen LogP contribution in [0.5, 0.6) is 11.5 Å². The minimum absolute atomic E-state index is 0.0553. The minimum Gasteiger partial charge on any atom is -0.490 e. The number of benzene rings is 2. The van der Waals surface area contributed by atoms with E-state index >= 15 is 0 Å². The van der Waals surface area contributed by atoms with Crippen LogP contribution < -0.4 is 9.47 Å². The van der Waals surface area contributed by atoms with Crippen LogP contribution in [0.1, 0.15) is 18.1 Å². The summed E-state index contributed by atoms with van der Waals surface area (Å²) in [6.07, 6.45) is 0. The second-order valence-electron chi connectivity index (χ2n) is 6.78. The molecule has 0 bridgehead atoms. The molecule has 1 amide bonds. The Morgan fingerprint density at radius 1 is 1.10 bits per heavy atom. The number of nitriles is 1. The topological polar surface area (TPSA) is 65.8 Å². The largest absolute Gasteiger partial charge is 0.490 e. The van der Waals surface area contributed by atoms with Gasteiger partial charge < -0.3 is 14.4 Å². The predicted molar refractivity (Wildman–Crippen MR) is 111 cm³/mol. The van der Waals surface area contributed by atoms with Crippen molar-refractivity contribution in [3.8, 4) is 17.6 Å². The second-order valence-corrected chi connectivity index (χ2v) is 7.22. The monoisotopic (exact) mass is 413 g/mol. The quantitative estimate of drug-likeness (QED) is 0.696.